The van der Waals surface area contributed by atoms with Crippen LogP contribution >= 0.6 is 0 Å². The van der Waals surface area contributed by atoms with Crippen LogP contribution in [0.15, 0.2) is 54.7 Å². The van der Waals surface area contributed by atoms with Gasteiger partial charge in [-0.2, -0.15) is 13.2 Å². The van der Waals surface area contributed by atoms with Crippen LogP contribution in [-0.4, -0.2) is 0 Å². The zero-order valence-electron chi connectivity index (χ0n) is 10.7. The summed E-state index contributed by atoms with van der Waals surface area (Å²) < 4.78 is 38.1. The summed E-state index contributed by atoms with van der Waals surface area (Å²) in [7, 11) is 0. The molecule has 0 bridgehead atoms. The van der Waals surface area contributed by atoms with Gasteiger partial charge in [0.1, 0.15) is 0 Å². The van der Waals surface area contributed by atoms with Gasteiger partial charge in [0.05, 0.1) is 17.5 Å². The van der Waals surface area contributed by atoms with Crippen molar-refractivity contribution in [2.75, 3.05) is 5.01 Å². The highest BCUT2D eigenvalue weighted by molar-refractivity contribution is 5.66. The Morgan fingerprint density at radius 1 is 1.10 bits per heavy atom. The van der Waals surface area contributed by atoms with Crippen LogP contribution in [0.3, 0.4) is 0 Å². The maximum atomic E-state index is 12.7. The van der Waals surface area contributed by atoms with Crippen LogP contribution in [-0.2, 0) is 11.0 Å². The van der Waals surface area contributed by atoms with E-state index in [1.807, 2.05) is 0 Å². The van der Waals surface area contributed by atoms with Crippen molar-refractivity contribution in [2.24, 2.45) is 0 Å². The van der Waals surface area contributed by atoms with E-state index < -0.39 is 11.7 Å². The van der Waals surface area contributed by atoms with Crippen molar-refractivity contribution in [3.8, 4) is 0 Å². The normalized spacial score (nSPS) is 14.8. The van der Waals surface area contributed by atoms with Gasteiger partial charge in [-0.25, -0.2) is 5.01 Å². The fourth-order valence-corrected chi connectivity index (χ4v) is 1.91. The monoisotopic (exact) mass is 291 g/mol. The van der Waals surface area contributed by atoms with Crippen molar-refractivity contribution < 1.29 is 18.0 Å². The minimum absolute atomic E-state index is 0.335. The summed E-state index contributed by atoms with van der Waals surface area (Å²) in [6, 6.07) is 14.9. The first-order valence-electron chi connectivity index (χ1n) is 6.11. The molecule has 2 aromatic carbocycles. The zero-order chi connectivity index (χ0) is 14.9. The van der Waals surface area contributed by atoms with Gasteiger partial charge in [0.15, 0.2) is 5.76 Å². The number of hydrazine groups is 1. The second-order valence-electron chi connectivity index (χ2n) is 4.39. The molecule has 21 heavy (non-hydrogen) atoms. The van der Waals surface area contributed by atoms with Crippen molar-refractivity contribution in [1.29, 1.82) is 0 Å². The number of rotatable bonds is 2. The molecule has 6 heteroatoms. The molecule has 2 aromatic rings. The van der Waals surface area contributed by atoms with Gasteiger partial charge < -0.3 is 4.84 Å². The van der Waals surface area contributed by atoms with E-state index in [-0.39, 0.29) is 0 Å². The molecule has 3 nitrogen and oxygen atoms in total. The molecular formula is C15H10F3N2O. The summed E-state index contributed by atoms with van der Waals surface area (Å²) in [5.41, 5.74) is 2.99. The van der Waals surface area contributed by atoms with E-state index >= 15 is 0 Å². The number of halogens is 3. The fourth-order valence-electron chi connectivity index (χ4n) is 1.91. The summed E-state index contributed by atoms with van der Waals surface area (Å²) in [5.74, 6) is 0.515. The number of alkyl halides is 3. The minimum Gasteiger partial charge on any atom is -0.386 e. The van der Waals surface area contributed by atoms with Gasteiger partial charge >= 0.3 is 6.18 Å². The molecule has 0 aromatic heterocycles. The molecule has 0 atom stereocenters. The molecule has 1 heterocycles. The summed E-state index contributed by atoms with van der Waals surface area (Å²) in [6.07, 6.45) is -2.79. The minimum atomic E-state index is -4.38. The second-order valence-corrected chi connectivity index (χ2v) is 4.39. The van der Waals surface area contributed by atoms with Gasteiger partial charge in [-0.05, 0) is 24.3 Å². The molecule has 0 spiro atoms. The third-order valence-electron chi connectivity index (χ3n) is 2.95. The molecule has 1 aliphatic heterocycles. The molecule has 1 radical (unpaired) electrons. The Morgan fingerprint density at radius 3 is 2.57 bits per heavy atom. The molecule has 107 valence electrons. The van der Waals surface area contributed by atoms with Crippen molar-refractivity contribution in [3.05, 3.63) is 71.9 Å². The Balaban J connectivity index is 1.88. The third kappa shape index (κ3) is 2.85. The largest absolute Gasteiger partial charge is 0.416 e. The second kappa shape index (κ2) is 5.14. The van der Waals surface area contributed by atoms with Crippen LogP contribution in [0.25, 0.3) is 5.76 Å². The predicted molar refractivity (Wildman–Crippen MR) is 71.4 cm³/mol. The molecule has 1 aliphatic rings. The van der Waals surface area contributed by atoms with Gasteiger partial charge in [0.2, 0.25) is 0 Å². The molecule has 0 saturated heterocycles. The highest BCUT2D eigenvalue weighted by Gasteiger charge is 2.31. The number of nitrogens with one attached hydrogen (secondary N) is 1. The average molecular weight is 291 g/mol. The van der Waals surface area contributed by atoms with Gasteiger partial charge in [-0.1, -0.05) is 35.9 Å². The third-order valence-corrected chi connectivity index (χ3v) is 2.95. The van der Waals surface area contributed by atoms with Gasteiger partial charge in [0.25, 0.3) is 0 Å². The molecule has 0 unspecified atom stereocenters. The summed E-state index contributed by atoms with van der Waals surface area (Å²) >= 11 is 0. The molecule has 0 amide bonds. The number of hydrogen-bond acceptors (Lipinski definition) is 3. The zero-order valence-corrected chi connectivity index (χ0v) is 10.7. The van der Waals surface area contributed by atoms with Crippen LogP contribution < -0.4 is 10.6 Å². The van der Waals surface area contributed by atoms with Crippen molar-refractivity contribution in [2.45, 2.75) is 6.18 Å². The van der Waals surface area contributed by atoms with Crippen LogP contribution in [0, 0.1) is 6.07 Å². The lowest BCUT2D eigenvalue weighted by Crippen LogP contribution is -2.27. The van der Waals surface area contributed by atoms with Gasteiger partial charge in [0, 0.05) is 5.56 Å². The first kappa shape index (κ1) is 13.5. The standard InChI is InChI=1S/C15H10F3N2O/c16-15(17,18)12-7-4-8-13(9-12)20-10-14(21-19-20)11-5-2-1-3-6-11/h2-10,19H. The molecule has 3 rings (SSSR count). The Bertz CT molecular complexity index is 668. The highest BCUT2D eigenvalue weighted by Crippen LogP contribution is 2.32. The van der Waals surface area contributed by atoms with E-state index in [0.717, 1.165) is 17.7 Å². The van der Waals surface area contributed by atoms with E-state index in [1.165, 1.54) is 11.1 Å². The Kier molecular flexibility index (Phi) is 3.31. The van der Waals surface area contributed by atoms with Crippen LogP contribution in [0.5, 0.6) is 0 Å². The Hall–Kier alpha value is -2.47. The van der Waals surface area contributed by atoms with Crippen LogP contribution in [0.2, 0.25) is 0 Å². The SMILES string of the molecule is FC(F)(F)c1cccc(N2C=C(c3cc[c]cc3)ON2)c1. The number of benzene rings is 2. The maximum absolute atomic E-state index is 12.7. The average Bonchev–Trinajstić information content (AvgIpc) is 2.97. The molecule has 0 fully saturated rings. The summed E-state index contributed by atoms with van der Waals surface area (Å²) in [5, 5.41) is 1.39. The van der Waals surface area contributed by atoms with E-state index in [4.69, 9.17) is 4.84 Å². The first-order valence-corrected chi connectivity index (χ1v) is 6.11. The summed E-state index contributed by atoms with van der Waals surface area (Å²) in [6.45, 7) is 0. The molecule has 1 N–H and O–H groups in total. The predicted octanol–water partition coefficient (Wildman–Crippen LogP) is 3.76. The number of anilines is 1. The molecule has 0 aliphatic carbocycles. The summed E-state index contributed by atoms with van der Waals surface area (Å²) in [4.78, 5) is 5.27. The fraction of sp³-hybridized carbons (Fsp3) is 0.0667. The van der Waals surface area contributed by atoms with Crippen molar-refractivity contribution >= 4 is 11.4 Å². The lowest BCUT2D eigenvalue weighted by molar-refractivity contribution is -0.137. The highest BCUT2D eigenvalue weighted by atomic mass is 19.4. The Morgan fingerprint density at radius 2 is 1.86 bits per heavy atom. The Labute approximate surface area is 119 Å². The lowest BCUT2D eigenvalue weighted by Gasteiger charge is -2.15. The van der Waals surface area contributed by atoms with E-state index in [1.54, 1.807) is 36.5 Å². The van der Waals surface area contributed by atoms with Crippen molar-refractivity contribution in [1.82, 2.24) is 5.59 Å². The number of nitrogens with zero attached hydrogens (tertiary/aromatic N) is 1. The maximum Gasteiger partial charge on any atom is 0.416 e. The molecule has 0 saturated carbocycles. The van der Waals surface area contributed by atoms with Crippen LogP contribution in [0.4, 0.5) is 18.9 Å². The first-order chi connectivity index (χ1) is 10.0. The van der Waals surface area contributed by atoms with E-state index in [2.05, 4.69) is 11.7 Å². The quantitative estimate of drug-likeness (QED) is 0.911. The number of hydrogen-bond donors (Lipinski definition) is 1. The van der Waals surface area contributed by atoms with Gasteiger partial charge in [-0.15, -0.1) is 0 Å². The van der Waals surface area contributed by atoms with Crippen LogP contribution in [0.1, 0.15) is 11.1 Å². The van der Waals surface area contributed by atoms with Gasteiger partial charge in [-0.3, -0.25) is 0 Å². The van der Waals surface area contributed by atoms with E-state index in [0.29, 0.717) is 11.4 Å². The van der Waals surface area contributed by atoms with E-state index in [9.17, 15) is 13.2 Å². The lowest BCUT2D eigenvalue weighted by atomic mass is 10.2. The topological polar surface area (TPSA) is 24.5 Å². The van der Waals surface area contributed by atoms with Crippen molar-refractivity contribution in [3.63, 3.8) is 0 Å². The molecular weight excluding hydrogens is 281 g/mol. The smallest absolute Gasteiger partial charge is 0.386 e.